The zero-order valence-electron chi connectivity index (χ0n) is 8.82. The zero-order valence-corrected chi connectivity index (χ0v) is 10.3. The molecule has 18 heavy (non-hydrogen) atoms. The second-order valence-electron chi connectivity index (χ2n) is 3.27. The SMILES string of the molecule is O=C(Nc1nccnc1Cl)c1cc(Cl)ccc1F. The van der Waals surface area contributed by atoms with Crippen LogP contribution in [0.25, 0.3) is 0 Å². The van der Waals surface area contributed by atoms with Crippen LogP contribution in [0.3, 0.4) is 0 Å². The summed E-state index contributed by atoms with van der Waals surface area (Å²) in [6.07, 6.45) is 2.73. The van der Waals surface area contributed by atoms with E-state index in [4.69, 9.17) is 23.2 Å². The molecule has 0 saturated carbocycles. The Labute approximate surface area is 112 Å². The Morgan fingerprint density at radius 1 is 1.22 bits per heavy atom. The molecule has 1 N–H and O–H groups in total. The van der Waals surface area contributed by atoms with Gasteiger partial charge in [-0.25, -0.2) is 14.4 Å². The van der Waals surface area contributed by atoms with Crippen LogP contribution in [-0.2, 0) is 0 Å². The number of halogens is 3. The Kier molecular flexibility index (Phi) is 3.74. The van der Waals surface area contributed by atoms with E-state index in [1.54, 1.807) is 0 Å². The standard InChI is InChI=1S/C11H6Cl2FN3O/c12-6-1-2-8(14)7(5-6)11(18)17-10-9(13)15-3-4-16-10/h1-5H,(H,16,17,18). The van der Waals surface area contributed by atoms with Crippen LogP contribution in [-0.4, -0.2) is 15.9 Å². The number of hydrogen-bond acceptors (Lipinski definition) is 3. The molecule has 2 aromatic rings. The van der Waals surface area contributed by atoms with E-state index in [0.29, 0.717) is 0 Å². The topological polar surface area (TPSA) is 54.9 Å². The molecule has 1 heterocycles. The molecule has 0 fully saturated rings. The molecule has 0 radical (unpaired) electrons. The summed E-state index contributed by atoms with van der Waals surface area (Å²) >= 11 is 11.4. The highest BCUT2D eigenvalue weighted by Gasteiger charge is 2.14. The molecule has 0 aliphatic rings. The lowest BCUT2D eigenvalue weighted by Crippen LogP contribution is -2.15. The quantitative estimate of drug-likeness (QED) is 0.922. The van der Waals surface area contributed by atoms with Gasteiger partial charge in [0.15, 0.2) is 11.0 Å². The van der Waals surface area contributed by atoms with Gasteiger partial charge in [-0.3, -0.25) is 4.79 Å². The third-order valence-corrected chi connectivity index (χ3v) is 2.57. The Morgan fingerprint density at radius 3 is 2.67 bits per heavy atom. The maximum atomic E-state index is 13.4. The van der Waals surface area contributed by atoms with Gasteiger partial charge in [-0.05, 0) is 18.2 Å². The van der Waals surface area contributed by atoms with Gasteiger partial charge < -0.3 is 5.32 Å². The van der Waals surface area contributed by atoms with Crippen molar-refractivity contribution in [2.24, 2.45) is 0 Å². The molecule has 0 atom stereocenters. The lowest BCUT2D eigenvalue weighted by molar-refractivity contribution is 0.102. The van der Waals surface area contributed by atoms with Gasteiger partial charge in [-0.1, -0.05) is 23.2 Å². The number of nitrogens with zero attached hydrogens (tertiary/aromatic N) is 2. The first kappa shape index (κ1) is 12.7. The molecule has 4 nitrogen and oxygen atoms in total. The number of benzene rings is 1. The largest absolute Gasteiger partial charge is 0.304 e. The van der Waals surface area contributed by atoms with Gasteiger partial charge in [-0.15, -0.1) is 0 Å². The molecule has 0 saturated heterocycles. The highest BCUT2D eigenvalue weighted by molar-refractivity contribution is 6.32. The number of hydrogen-bond donors (Lipinski definition) is 1. The minimum atomic E-state index is -0.697. The second-order valence-corrected chi connectivity index (χ2v) is 4.07. The number of nitrogens with one attached hydrogen (secondary N) is 1. The molecule has 1 amide bonds. The van der Waals surface area contributed by atoms with Crippen molar-refractivity contribution in [3.05, 3.63) is 52.1 Å². The summed E-state index contributed by atoms with van der Waals surface area (Å²) in [5.41, 5.74) is -0.191. The molecular formula is C11H6Cl2FN3O. The highest BCUT2D eigenvalue weighted by atomic mass is 35.5. The lowest BCUT2D eigenvalue weighted by Gasteiger charge is -2.06. The van der Waals surface area contributed by atoms with Crippen LogP contribution in [0.1, 0.15) is 10.4 Å². The molecule has 0 unspecified atom stereocenters. The molecule has 0 aliphatic heterocycles. The van der Waals surface area contributed by atoms with Crippen LogP contribution in [0, 0.1) is 5.82 Å². The average Bonchev–Trinajstić information content (AvgIpc) is 2.35. The summed E-state index contributed by atoms with van der Waals surface area (Å²) in [7, 11) is 0. The summed E-state index contributed by atoms with van der Waals surface area (Å²) in [4.78, 5) is 19.4. The van der Waals surface area contributed by atoms with Crippen molar-refractivity contribution in [2.75, 3.05) is 5.32 Å². The van der Waals surface area contributed by atoms with Crippen molar-refractivity contribution in [1.82, 2.24) is 9.97 Å². The number of amides is 1. The van der Waals surface area contributed by atoms with Gasteiger partial charge in [0.2, 0.25) is 0 Å². The number of carbonyl (C=O) groups excluding carboxylic acids is 1. The van der Waals surface area contributed by atoms with Crippen LogP contribution in [0.15, 0.2) is 30.6 Å². The van der Waals surface area contributed by atoms with Crippen molar-refractivity contribution in [1.29, 1.82) is 0 Å². The summed E-state index contributed by atoms with van der Waals surface area (Å²) in [5.74, 6) is -1.32. The van der Waals surface area contributed by atoms with E-state index in [1.165, 1.54) is 24.5 Å². The first-order valence-electron chi connectivity index (χ1n) is 4.81. The summed E-state index contributed by atoms with van der Waals surface area (Å²) < 4.78 is 13.4. The molecule has 1 aromatic carbocycles. The van der Waals surface area contributed by atoms with E-state index in [-0.39, 0.29) is 21.6 Å². The molecule has 7 heteroatoms. The fourth-order valence-corrected chi connectivity index (χ4v) is 1.58. The molecule has 92 valence electrons. The summed E-state index contributed by atoms with van der Waals surface area (Å²) in [6.45, 7) is 0. The van der Waals surface area contributed by atoms with Crippen molar-refractivity contribution in [3.8, 4) is 0 Å². The fourth-order valence-electron chi connectivity index (χ4n) is 1.25. The first-order valence-corrected chi connectivity index (χ1v) is 5.56. The molecule has 0 bridgehead atoms. The van der Waals surface area contributed by atoms with E-state index in [9.17, 15) is 9.18 Å². The predicted octanol–water partition coefficient (Wildman–Crippen LogP) is 3.17. The zero-order chi connectivity index (χ0) is 13.1. The van der Waals surface area contributed by atoms with Gasteiger partial charge in [0.1, 0.15) is 5.82 Å². The van der Waals surface area contributed by atoms with E-state index < -0.39 is 11.7 Å². The van der Waals surface area contributed by atoms with E-state index >= 15 is 0 Å². The van der Waals surface area contributed by atoms with Gasteiger partial charge in [0, 0.05) is 17.4 Å². The Morgan fingerprint density at radius 2 is 1.94 bits per heavy atom. The fraction of sp³-hybridized carbons (Fsp3) is 0. The van der Waals surface area contributed by atoms with Crippen molar-refractivity contribution < 1.29 is 9.18 Å². The van der Waals surface area contributed by atoms with E-state index in [1.807, 2.05) is 0 Å². The van der Waals surface area contributed by atoms with Gasteiger partial charge in [0.25, 0.3) is 5.91 Å². The third kappa shape index (κ3) is 2.75. The van der Waals surface area contributed by atoms with Gasteiger partial charge in [-0.2, -0.15) is 0 Å². The molecule has 1 aromatic heterocycles. The maximum Gasteiger partial charge on any atom is 0.259 e. The van der Waals surface area contributed by atoms with Crippen molar-refractivity contribution in [3.63, 3.8) is 0 Å². The smallest absolute Gasteiger partial charge is 0.259 e. The molecule has 2 rings (SSSR count). The van der Waals surface area contributed by atoms with Crippen molar-refractivity contribution >= 4 is 34.9 Å². The van der Waals surface area contributed by atoms with Crippen LogP contribution in [0.4, 0.5) is 10.2 Å². The second kappa shape index (κ2) is 5.29. The molecule has 0 aliphatic carbocycles. The monoisotopic (exact) mass is 285 g/mol. The Balaban J connectivity index is 2.28. The lowest BCUT2D eigenvalue weighted by atomic mass is 10.2. The predicted molar refractivity (Wildman–Crippen MR) is 66.4 cm³/mol. The van der Waals surface area contributed by atoms with Gasteiger partial charge >= 0.3 is 0 Å². The Bertz CT molecular complexity index is 607. The van der Waals surface area contributed by atoms with Crippen LogP contribution < -0.4 is 5.32 Å². The maximum absolute atomic E-state index is 13.4. The molecule has 0 spiro atoms. The van der Waals surface area contributed by atoms with E-state index in [2.05, 4.69) is 15.3 Å². The Hall–Kier alpha value is -1.72. The normalized spacial score (nSPS) is 10.2. The highest BCUT2D eigenvalue weighted by Crippen LogP contribution is 2.18. The number of aromatic nitrogens is 2. The number of carbonyl (C=O) groups is 1. The van der Waals surface area contributed by atoms with Crippen LogP contribution in [0.5, 0.6) is 0 Å². The minimum absolute atomic E-state index is 0.0216. The number of anilines is 1. The third-order valence-electron chi connectivity index (χ3n) is 2.06. The summed E-state index contributed by atoms with van der Waals surface area (Å²) in [5, 5.41) is 2.63. The van der Waals surface area contributed by atoms with E-state index in [0.717, 1.165) is 6.07 Å². The van der Waals surface area contributed by atoms with Gasteiger partial charge in [0.05, 0.1) is 5.56 Å². The first-order chi connectivity index (χ1) is 8.58. The van der Waals surface area contributed by atoms with Crippen molar-refractivity contribution in [2.45, 2.75) is 0 Å². The van der Waals surface area contributed by atoms with Crippen LogP contribution in [0.2, 0.25) is 10.2 Å². The molecular weight excluding hydrogens is 280 g/mol. The average molecular weight is 286 g/mol. The minimum Gasteiger partial charge on any atom is -0.304 e. The summed E-state index contributed by atoms with van der Waals surface area (Å²) in [6, 6.07) is 3.68. The van der Waals surface area contributed by atoms with Crippen LogP contribution >= 0.6 is 23.2 Å². The number of rotatable bonds is 2.